The topological polar surface area (TPSA) is 101 Å². The molecule has 3 rings (SSSR count). The Morgan fingerprint density at radius 1 is 1.21 bits per heavy atom. The van der Waals surface area contributed by atoms with Crippen molar-refractivity contribution in [1.82, 2.24) is 4.90 Å². The second kappa shape index (κ2) is 7.28. The number of nitriles is 3. The summed E-state index contributed by atoms with van der Waals surface area (Å²) in [5.74, 6) is -1.80. The molecule has 0 radical (unpaired) electrons. The third-order valence-electron chi connectivity index (χ3n) is 5.80. The summed E-state index contributed by atoms with van der Waals surface area (Å²) in [4.78, 5) is 1.88. The Morgan fingerprint density at radius 3 is 2.41 bits per heavy atom. The van der Waals surface area contributed by atoms with Gasteiger partial charge in [0.2, 0.25) is 0 Å². The lowest BCUT2D eigenvalue weighted by molar-refractivity contribution is -0.138. The first-order valence-corrected chi connectivity index (χ1v) is 9.05. The Hall–Kier alpha value is -3.28. The highest BCUT2D eigenvalue weighted by atomic mass is 19.4. The van der Waals surface area contributed by atoms with Crippen LogP contribution in [0.25, 0.3) is 0 Å². The minimum atomic E-state index is -4.66. The van der Waals surface area contributed by atoms with E-state index in [1.807, 2.05) is 30.0 Å². The third-order valence-corrected chi connectivity index (χ3v) is 5.80. The zero-order chi connectivity index (χ0) is 21.4. The van der Waals surface area contributed by atoms with E-state index >= 15 is 0 Å². The number of nitrogens with zero attached hydrogens (tertiary/aromatic N) is 4. The van der Waals surface area contributed by atoms with E-state index in [0.717, 1.165) is 6.07 Å². The van der Waals surface area contributed by atoms with E-state index in [1.54, 1.807) is 12.3 Å². The molecule has 3 atom stereocenters. The third kappa shape index (κ3) is 3.05. The van der Waals surface area contributed by atoms with Gasteiger partial charge in [-0.25, -0.2) is 0 Å². The largest absolute Gasteiger partial charge is 0.416 e. The monoisotopic (exact) mass is 397 g/mol. The van der Waals surface area contributed by atoms with E-state index in [4.69, 9.17) is 5.73 Å². The highest BCUT2D eigenvalue weighted by Crippen LogP contribution is 2.54. The minimum Gasteiger partial charge on any atom is -0.377 e. The number of halogens is 3. The fraction of sp³-hybridized carbons (Fsp3) is 0.381. The molecule has 1 heterocycles. The van der Waals surface area contributed by atoms with Crippen LogP contribution in [0, 0.1) is 45.3 Å². The van der Waals surface area contributed by atoms with Gasteiger partial charge in [-0.05, 0) is 36.4 Å². The quantitative estimate of drug-likeness (QED) is 0.824. The Morgan fingerprint density at radius 2 is 1.86 bits per heavy atom. The van der Waals surface area contributed by atoms with Gasteiger partial charge in [0.25, 0.3) is 0 Å². The maximum atomic E-state index is 13.8. The fourth-order valence-corrected chi connectivity index (χ4v) is 4.37. The highest BCUT2D eigenvalue weighted by molar-refractivity contribution is 5.54. The number of rotatable bonds is 2. The summed E-state index contributed by atoms with van der Waals surface area (Å²) in [6, 6.07) is 9.42. The number of alkyl halides is 3. The van der Waals surface area contributed by atoms with E-state index in [1.165, 1.54) is 18.2 Å². The zero-order valence-electron chi connectivity index (χ0n) is 15.6. The Balaban J connectivity index is 2.37. The van der Waals surface area contributed by atoms with Gasteiger partial charge in [-0.2, -0.15) is 29.0 Å². The summed E-state index contributed by atoms with van der Waals surface area (Å²) in [6.45, 7) is 2.76. The first-order chi connectivity index (χ1) is 13.7. The average molecular weight is 397 g/mol. The van der Waals surface area contributed by atoms with E-state index in [0.29, 0.717) is 12.1 Å². The van der Waals surface area contributed by atoms with Crippen LogP contribution in [-0.2, 0) is 6.18 Å². The van der Waals surface area contributed by atoms with E-state index in [2.05, 4.69) is 0 Å². The SMILES string of the molecule is CCN1C=CC2=C(C#N)[C@H](N)C(C#N)(C#N)[C@H](c3ccccc3C(F)(F)F)[C@H]2C1. The van der Waals surface area contributed by atoms with Crippen LogP contribution in [0.15, 0.2) is 47.7 Å². The predicted octanol–water partition coefficient (Wildman–Crippen LogP) is 3.45. The van der Waals surface area contributed by atoms with Gasteiger partial charge in [0.05, 0.1) is 35.4 Å². The number of nitrogens with two attached hydrogens (primary N) is 1. The molecule has 0 saturated heterocycles. The van der Waals surface area contributed by atoms with Crippen molar-refractivity contribution in [2.45, 2.75) is 25.1 Å². The predicted molar refractivity (Wildman–Crippen MR) is 98.3 cm³/mol. The lowest BCUT2D eigenvalue weighted by atomic mass is 9.55. The van der Waals surface area contributed by atoms with Crippen molar-refractivity contribution in [1.29, 1.82) is 15.8 Å². The van der Waals surface area contributed by atoms with Crippen LogP contribution in [0.4, 0.5) is 13.2 Å². The van der Waals surface area contributed by atoms with Gasteiger partial charge < -0.3 is 10.6 Å². The van der Waals surface area contributed by atoms with Crippen LogP contribution in [0.1, 0.15) is 24.0 Å². The Labute approximate surface area is 166 Å². The number of hydrogen-bond donors (Lipinski definition) is 1. The molecule has 5 nitrogen and oxygen atoms in total. The summed E-state index contributed by atoms with van der Waals surface area (Å²) >= 11 is 0. The van der Waals surface area contributed by atoms with E-state index in [-0.39, 0.29) is 17.7 Å². The van der Waals surface area contributed by atoms with Crippen LogP contribution >= 0.6 is 0 Å². The average Bonchev–Trinajstić information content (AvgIpc) is 2.72. The summed E-state index contributed by atoms with van der Waals surface area (Å²) in [5.41, 5.74) is 3.71. The second-order valence-corrected chi connectivity index (χ2v) is 7.12. The van der Waals surface area contributed by atoms with Crippen molar-refractivity contribution >= 4 is 0 Å². The molecule has 2 N–H and O–H groups in total. The number of hydrogen-bond acceptors (Lipinski definition) is 5. The molecule has 8 heteroatoms. The molecular weight excluding hydrogens is 379 g/mol. The molecule has 0 fully saturated rings. The Bertz CT molecular complexity index is 989. The van der Waals surface area contributed by atoms with Crippen molar-refractivity contribution in [2.75, 3.05) is 13.1 Å². The summed E-state index contributed by atoms with van der Waals surface area (Å²) in [6.07, 6.45) is -1.24. The summed E-state index contributed by atoms with van der Waals surface area (Å²) in [7, 11) is 0. The molecule has 0 aromatic heterocycles. The smallest absolute Gasteiger partial charge is 0.377 e. The molecule has 0 spiro atoms. The van der Waals surface area contributed by atoms with Crippen molar-refractivity contribution in [3.05, 3.63) is 58.8 Å². The van der Waals surface area contributed by atoms with Crippen LogP contribution in [-0.4, -0.2) is 24.0 Å². The molecule has 0 amide bonds. The molecule has 148 valence electrons. The number of fused-ring (bicyclic) bond motifs is 1. The molecule has 1 aromatic carbocycles. The standard InChI is InChI=1S/C21H18F3N5/c1-2-29-8-7-13-15(9-25)19(28)20(11-26,12-27)18(16(13)10-29)14-5-3-4-6-17(14)21(22,23)24/h3-8,16,18-19H,2,10,28H2,1H3/t16-,18+,19-/m0/s1. The first-order valence-electron chi connectivity index (χ1n) is 9.05. The fourth-order valence-electron chi connectivity index (χ4n) is 4.37. The van der Waals surface area contributed by atoms with Crippen LogP contribution in [0.5, 0.6) is 0 Å². The second-order valence-electron chi connectivity index (χ2n) is 7.12. The summed E-state index contributed by atoms with van der Waals surface area (Å²) in [5, 5.41) is 29.6. The van der Waals surface area contributed by atoms with Crippen molar-refractivity contribution < 1.29 is 13.2 Å². The lowest BCUT2D eigenvalue weighted by Gasteiger charge is -2.47. The normalized spacial score (nSPS) is 25.6. The Kier molecular flexibility index (Phi) is 5.13. The van der Waals surface area contributed by atoms with Gasteiger partial charge in [-0.1, -0.05) is 18.2 Å². The summed E-state index contributed by atoms with van der Waals surface area (Å²) < 4.78 is 41.4. The first kappa shape index (κ1) is 20.5. The van der Waals surface area contributed by atoms with Crippen LogP contribution in [0.2, 0.25) is 0 Å². The van der Waals surface area contributed by atoms with Crippen molar-refractivity contribution in [3.8, 4) is 18.2 Å². The minimum absolute atomic E-state index is 0.0749. The molecular formula is C21H18F3N5. The maximum Gasteiger partial charge on any atom is 0.416 e. The van der Waals surface area contributed by atoms with Gasteiger partial charge in [0.1, 0.15) is 0 Å². The highest BCUT2D eigenvalue weighted by Gasteiger charge is 2.57. The van der Waals surface area contributed by atoms with Gasteiger partial charge in [0.15, 0.2) is 5.41 Å². The molecule has 1 aromatic rings. The molecule has 0 saturated carbocycles. The van der Waals surface area contributed by atoms with Crippen LogP contribution < -0.4 is 5.73 Å². The number of allylic oxidation sites excluding steroid dienone is 1. The van der Waals surface area contributed by atoms with Gasteiger partial charge >= 0.3 is 6.18 Å². The molecule has 29 heavy (non-hydrogen) atoms. The van der Waals surface area contributed by atoms with Gasteiger partial charge in [-0.3, -0.25) is 0 Å². The lowest BCUT2D eigenvalue weighted by Crippen LogP contribution is -2.54. The van der Waals surface area contributed by atoms with Gasteiger partial charge in [0, 0.05) is 24.9 Å². The van der Waals surface area contributed by atoms with Crippen molar-refractivity contribution in [3.63, 3.8) is 0 Å². The maximum absolute atomic E-state index is 13.8. The van der Waals surface area contributed by atoms with E-state index < -0.39 is 35.0 Å². The van der Waals surface area contributed by atoms with Gasteiger partial charge in [-0.15, -0.1) is 0 Å². The number of benzene rings is 1. The molecule has 0 bridgehead atoms. The molecule has 1 aliphatic heterocycles. The van der Waals surface area contributed by atoms with Crippen LogP contribution in [0.3, 0.4) is 0 Å². The molecule has 0 unspecified atom stereocenters. The molecule has 2 aliphatic rings. The van der Waals surface area contributed by atoms with E-state index in [9.17, 15) is 29.0 Å². The van der Waals surface area contributed by atoms with Crippen molar-refractivity contribution in [2.24, 2.45) is 17.1 Å². The molecule has 1 aliphatic carbocycles. The zero-order valence-corrected chi connectivity index (χ0v) is 15.6.